The summed E-state index contributed by atoms with van der Waals surface area (Å²) in [7, 11) is 4.04. The van der Waals surface area contributed by atoms with Gasteiger partial charge in [-0.25, -0.2) is 0 Å². The first-order valence-corrected chi connectivity index (χ1v) is 5.14. The Hall–Kier alpha value is -0.670. The van der Waals surface area contributed by atoms with Gasteiger partial charge in [0, 0.05) is 10.6 Å². The Labute approximate surface area is 84.2 Å². The van der Waals surface area contributed by atoms with Crippen LogP contribution >= 0.6 is 11.9 Å². The summed E-state index contributed by atoms with van der Waals surface area (Å²) < 4.78 is 2.06. The second-order valence-electron chi connectivity index (χ2n) is 3.12. The lowest BCUT2D eigenvalue weighted by Gasteiger charge is -2.10. The van der Waals surface area contributed by atoms with Crippen LogP contribution in [0.3, 0.4) is 0 Å². The zero-order chi connectivity index (χ0) is 9.84. The number of nitrogen functional groups attached to an aromatic ring is 1. The van der Waals surface area contributed by atoms with E-state index in [1.807, 2.05) is 20.2 Å². The molecule has 0 bridgehead atoms. The van der Waals surface area contributed by atoms with Crippen LogP contribution in [0.5, 0.6) is 0 Å². The molecule has 0 amide bonds. The molecular formula is C10H16N2S. The molecule has 0 aliphatic heterocycles. The van der Waals surface area contributed by atoms with Crippen LogP contribution in [0.25, 0.3) is 0 Å². The van der Waals surface area contributed by atoms with Crippen molar-refractivity contribution in [3.8, 4) is 0 Å². The van der Waals surface area contributed by atoms with E-state index in [2.05, 4.69) is 23.4 Å². The highest BCUT2D eigenvalue weighted by Crippen LogP contribution is 2.24. The van der Waals surface area contributed by atoms with Crippen LogP contribution in [0.15, 0.2) is 23.1 Å². The summed E-state index contributed by atoms with van der Waals surface area (Å²) >= 11 is 1.69. The summed E-state index contributed by atoms with van der Waals surface area (Å²) in [6, 6.07) is 6.24. The van der Waals surface area contributed by atoms with Crippen molar-refractivity contribution in [2.75, 3.05) is 19.8 Å². The van der Waals surface area contributed by atoms with Gasteiger partial charge < -0.3 is 5.73 Å². The van der Waals surface area contributed by atoms with Crippen LogP contribution in [0.1, 0.15) is 12.5 Å². The van der Waals surface area contributed by atoms with E-state index in [1.54, 1.807) is 11.9 Å². The van der Waals surface area contributed by atoms with Gasteiger partial charge in [-0.05, 0) is 50.2 Å². The second-order valence-corrected chi connectivity index (χ2v) is 4.50. The van der Waals surface area contributed by atoms with E-state index in [1.165, 1.54) is 10.5 Å². The standard InChI is InChI=1S/C10H16N2S/c1-4-8-5-6-9(7-10(8)11)13-12(2)3/h5-7H,4,11H2,1-3H3. The van der Waals surface area contributed by atoms with Gasteiger partial charge in [-0.1, -0.05) is 13.0 Å². The maximum absolute atomic E-state index is 5.88. The Kier molecular flexibility index (Phi) is 3.63. The first kappa shape index (κ1) is 10.4. The summed E-state index contributed by atoms with van der Waals surface area (Å²) in [6.45, 7) is 2.12. The SMILES string of the molecule is CCc1ccc(SN(C)C)cc1N. The number of aryl methyl sites for hydroxylation is 1. The molecule has 2 nitrogen and oxygen atoms in total. The Morgan fingerprint density at radius 2 is 2.08 bits per heavy atom. The number of nitrogens with zero attached hydrogens (tertiary/aromatic N) is 1. The smallest absolute Gasteiger partial charge is 0.0358 e. The fraction of sp³-hybridized carbons (Fsp3) is 0.400. The molecule has 0 aromatic heterocycles. The maximum Gasteiger partial charge on any atom is 0.0358 e. The normalized spacial score (nSPS) is 10.8. The van der Waals surface area contributed by atoms with Crippen LogP contribution < -0.4 is 5.73 Å². The summed E-state index contributed by atoms with van der Waals surface area (Å²) in [6.07, 6.45) is 0.999. The van der Waals surface area contributed by atoms with Gasteiger partial charge in [0.2, 0.25) is 0 Å². The maximum atomic E-state index is 5.88. The van der Waals surface area contributed by atoms with Crippen molar-refractivity contribution in [2.24, 2.45) is 0 Å². The predicted molar refractivity (Wildman–Crippen MR) is 59.8 cm³/mol. The molecule has 0 heterocycles. The molecular weight excluding hydrogens is 180 g/mol. The lowest BCUT2D eigenvalue weighted by Crippen LogP contribution is -1.99. The number of anilines is 1. The monoisotopic (exact) mass is 196 g/mol. The quantitative estimate of drug-likeness (QED) is 0.594. The molecule has 3 heteroatoms. The van der Waals surface area contributed by atoms with Gasteiger partial charge in [-0.3, -0.25) is 4.31 Å². The highest BCUT2D eigenvalue weighted by atomic mass is 32.2. The third kappa shape index (κ3) is 2.94. The van der Waals surface area contributed by atoms with Gasteiger partial charge in [0.25, 0.3) is 0 Å². The number of hydrogen-bond acceptors (Lipinski definition) is 3. The fourth-order valence-electron chi connectivity index (χ4n) is 1.16. The zero-order valence-electron chi connectivity index (χ0n) is 8.37. The summed E-state index contributed by atoms with van der Waals surface area (Å²) in [5.74, 6) is 0. The Morgan fingerprint density at radius 3 is 2.54 bits per heavy atom. The molecule has 0 saturated carbocycles. The molecule has 0 unspecified atom stereocenters. The third-order valence-corrected chi connectivity index (χ3v) is 2.62. The Morgan fingerprint density at radius 1 is 1.38 bits per heavy atom. The van der Waals surface area contributed by atoms with Crippen molar-refractivity contribution in [3.63, 3.8) is 0 Å². The molecule has 2 N–H and O–H groups in total. The van der Waals surface area contributed by atoms with Crippen LogP contribution in [-0.4, -0.2) is 18.4 Å². The Balaban J connectivity index is 2.83. The summed E-state index contributed by atoms with van der Waals surface area (Å²) in [5.41, 5.74) is 8.00. The van der Waals surface area contributed by atoms with Crippen LogP contribution in [0.4, 0.5) is 5.69 Å². The molecule has 0 fully saturated rings. The lowest BCUT2D eigenvalue weighted by molar-refractivity contribution is 0.702. The van der Waals surface area contributed by atoms with Gasteiger partial charge in [0.1, 0.15) is 0 Å². The van der Waals surface area contributed by atoms with E-state index in [0.717, 1.165) is 12.1 Å². The van der Waals surface area contributed by atoms with Gasteiger partial charge in [-0.2, -0.15) is 0 Å². The molecule has 1 aromatic rings. The number of nitrogens with two attached hydrogens (primary N) is 1. The van der Waals surface area contributed by atoms with E-state index < -0.39 is 0 Å². The fourth-order valence-corrected chi connectivity index (χ4v) is 1.89. The first-order valence-electron chi connectivity index (χ1n) is 4.37. The van der Waals surface area contributed by atoms with E-state index >= 15 is 0 Å². The van der Waals surface area contributed by atoms with Gasteiger partial charge in [-0.15, -0.1) is 0 Å². The topological polar surface area (TPSA) is 29.3 Å². The van der Waals surface area contributed by atoms with E-state index in [4.69, 9.17) is 5.73 Å². The number of hydrogen-bond donors (Lipinski definition) is 1. The highest BCUT2D eigenvalue weighted by Gasteiger charge is 2.00. The van der Waals surface area contributed by atoms with Crippen LogP contribution in [0, 0.1) is 0 Å². The molecule has 13 heavy (non-hydrogen) atoms. The molecule has 0 aliphatic carbocycles. The molecule has 0 spiro atoms. The van der Waals surface area contributed by atoms with E-state index in [-0.39, 0.29) is 0 Å². The molecule has 0 radical (unpaired) electrons. The minimum Gasteiger partial charge on any atom is -0.398 e. The second kappa shape index (κ2) is 4.53. The van der Waals surface area contributed by atoms with Gasteiger partial charge >= 0.3 is 0 Å². The zero-order valence-corrected chi connectivity index (χ0v) is 9.19. The molecule has 72 valence electrons. The average molecular weight is 196 g/mol. The minimum atomic E-state index is 0.898. The predicted octanol–water partition coefficient (Wildman–Crippen LogP) is 2.40. The van der Waals surface area contributed by atoms with Gasteiger partial charge in [0.15, 0.2) is 0 Å². The lowest BCUT2D eigenvalue weighted by atomic mass is 10.1. The van der Waals surface area contributed by atoms with E-state index in [9.17, 15) is 0 Å². The molecule has 0 aliphatic rings. The molecule has 0 saturated heterocycles. The van der Waals surface area contributed by atoms with Gasteiger partial charge in [0.05, 0.1) is 0 Å². The molecule has 1 rings (SSSR count). The van der Waals surface area contributed by atoms with Crippen molar-refractivity contribution < 1.29 is 0 Å². The third-order valence-electron chi connectivity index (χ3n) is 1.79. The first-order chi connectivity index (χ1) is 6.13. The minimum absolute atomic E-state index is 0.898. The van der Waals surface area contributed by atoms with Crippen molar-refractivity contribution in [1.29, 1.82) is 0 Å². The highest BCUT2D eigenvalue weighted by molar-refractivity contribution is 7.97. The Bertz CT molecular complexity index is 284. The molecule has 1 aromatic carbocycles. The molecule has 0 atom stereocenters. The number of benzene rings is 1. The van der Waals surface area contributed by atoms with Crippen molar-refractivity contribution in [2.45, 2.75) is 18.2 Å². The van der Waals surface area contributed by atoms with Crippen molar-refractivity contribution in [1.82, 2.24) is 4.31 Å². The number of rotatable bonds is 3. The van der Waals surface area contributed by atoms with Crippen molar-refractivity contribution in [3.05, 3.63) is 23.8 Å². The summed E-state index contributed by atoms with van der Waals surface area (Å²) in [4.78, 5) is 1.19. The van der Waals surface area contributed by atoms with Crippen LogP contribution in [-0.2, 0) is 6.42 Å². The van der Waals surface area contributed by atoms with Crippen LogP contribution in [0.2, 0.25) is 0 Å². The summed E-state index contributed by atoms with van der Waals surface area (Å²) in [5, 5.41) is 0. The van der Waals surface area contributed by atoms with Crippen molar-refractivity contribution >= 4 is 17.6 Å². The average Bonchev–Trinajstić information content (AvgIpc) is 2.03. The van der Waals surface area contributed by atoms with E-state index in [0.29, 0.717) is 0 Å². The largest absolute Gasteiger partial charge is 0.398 e.